The van der Waals surface area contributed by atoms with Crippen molar-refractivity contribution in [3.63, 3.8) is 0 Å². The number of hydrogen-bond donors (Lipinski definition) is 0. The third kappa shape index (κ3) is 1.89. The Labute approximate surface area is 67.0 Å². The van der Waals surface area contributed by atoms with Gasteiger partial charge in [-0.3, -0.25) is 0 Å². The Morgan fingerprint density at radius 2 is 1.44 bits per heavy atom. The van der Waals surface area contributed by atoms with E-state index >= 15 is 0 Å². The van der Waals surface area contributed by atoms with Crippen molar-refractivity contribution in [2.45, 2.75) is 24.4 Å². The number of rotatable bonds is 0. The van der Waals surface area contributed by atoms with E-state index in [1.54, 1.807) is 0 Å². The van der Waals surface area contributed by atoms with Crippen molar-refractivity contribution in [1.29, 1.82) is 0 Å². The van der Waals surface area contributed by atoms with Gasteiger partial charge in [0.1, 0.15) is 0 Å². The van der Waals surface area contributed by atoms with Crippen LogP contribution < -0.4 is 0 Å². The topological polar surface area (TPSA) is 0 Å². The van der Waals surface area contributed by atoms with E-state index in [0.29, 0.717) is 0 Å². The third-order valence-electron chi connectivity index (χ3n) is 1.78. The van der Waals surface area contributed by atoms with Crippen molar-refractivity contribution in [2.24, 2.45) is 0 Å². The fourth-order valence-electron chi connectivity index (χ4n) is 1.14. The molecule has 0 aromatic rings. The minimum atomic E-state index is -2.25. The molecule has 1 aliphatic heterocycles. The van der Waals surface area contributed by atoms with Crippen LogP contribution >= 0.6 is 20.0 Å². The van der Waals surface area contributed by atoms with Crippen LogP contribution in [0.2, 0.25) is 10.5 Å². The molecule has 0 aromatic heterocycles. The molecule has 1 rings (SSSR count). The van der Waals surface area contributed by atoms with Gasteiger partial charge in [-0.2, -0.15) is 0 Å². The van der Waals surface area contributed by atoms with Gasteiger partial charge >= 0.3 is 66.9 Å². The molecule has 0 radical (unpaired) electrons. The number of allylic oxidation sites excluding steroid dienone is 2. The van der Waals surface area contributed by atoms with Gasteiger partial charge in [-0.1, -0.05) is 0 Å². The standard InChI is InChI=1S/C6H10Cl2Ge/c1-5-3-9(7,8)4-6(5)2/h3-4H2,1-2H3. The Kier molecular flexibility index (Phi) is 2.19. The van der Waals surface area contributed by atoms with Gasteiger partial charge in [-0.05, 0) is 0 Å². The Hall–Kier alpha value is 0.863. The summed E-state index contributed by atoms with van der Waals surface area (Å²) in [7, 11) is 12.1. The fraction of sp³-hybridized carbons (Fsp3) is 0.667. The van der Waals surface area contributed by atoms with Crippen LogP contribution in [0.3, 0.4) is 0 Å². The summed E-state index contributed by atoms with van der Waals surface area (Å²) in [4.78, 5) is 0. The van der Waals surface area contributed by atoms with E-state index in [0.717, 1.165) is 10.5 Å². The van der Waals surface area contributed by atoms with E-state index in [4.69, 9.17) is 20.0 Å². The molecule has 1 aliphatic rings. The monoisotopic (exact) mass is 226 g/mol. The van der Waals surface area contributed by atoms with Crippen LogP contribution in [0.1, 0.15) is 13.8 Å². The molecule has 0 unspecified atom stereocenters. The summed E-state index contributed by atoms with van der Waals surface area (Å²) in [6.07, 6.45) is 0. The van der Waals surface area contributed by atoms with Crippen LogP contribution in [0, 0.1) is 0 Å². The molecule has 0 N–H and O–H groups in total. The van der Waals surface area contributed by atoms with E-state index in [1.807, 2.05) is 0 Å². The molecule has 3 heteroatoms. The molecule has 0 atom stereocenters. The van der Waals surface area contributed by atoms with E-state index < -0.39 is 11.4 Å². The van der Waals surface area contributed by atoms with E-state index in [9.17, 15) is 0 Å². The van der Waals surface area contributed by atoms with Crippen molar-refractivity contribution in [3.05, 3.63) is 11.1 Å². The Bertz CT molecular complexity index is 144. The summed E-state index contributed by atoms with van der Waals surface area (Å²) in [5.41, 5.74) is 2.86. The minimum absolute atomic E-state index is 1.02. The zero-order chi connectivity index (χ0) is 7.07. The molecule has 52 valence electrons. The first kappa shape index (κ1) is 7.96. The molecular formula is C6H10Cl2Ge. The van der Waals surface area contributed by atoms with Gasteiger partial charge in [0.05, 0.1) is 0 Å². The van der Waals surface area contributed by atoms with Crippen LogP contribution in [0.5, 0.6) is 0 Å². The maximum absolute atomic E-state index is 6.07. The van der Waals surface area contributed by atoms with Gasteiger partial charge in [0, 0.05) is 0 Å². The molecule has 0 saturated heterocycles. The molecule has 0 nitrogen and oxygen atoms in total. The summed E-state index contributed by atoms with van der Waals surface area (Å²) in [6.45, 7) is 4.26. The first-order valence-corrected chi connectivity index (χ1v) is 11.5. The van der Waals surface area contributed by atoms with Crippen molar-refractivity contribution >= 4 is 31.4 Å². The average Bonchev–Trinajstić information content (AvgIpc) is 1.79. The van der Waals surface area contributed by atoms with Crippen LogP contribution in [-0.2, 0) is 0 Å². The molecule has 0 aliphatic carbocycles. The molecule has 0 aromatic carbocycles. The van der Waals surface area contributed by atoms with E-state index in [-0.39, 0.29) is 0 Å². The summed E-state index contributed by atoms with van der Waals surface area (Å²) in [6, 6.07) is 0. The van der Waals surface area contributed by atoms with Crippen LogP contribution in [0.25, 0.3) is 0 Å². The second-order valence-electron chi connectivity index (χ2n) is 2.77. The number of hydrogen-bond acceptors (Lipinski definition) is 0. The average molecular weight is 226 g/mol. The van der Waals surface area contributed by atoms with Crippen LogP contribution in [-0.4, -0.2) is 11.4 Å². The van der Waals surface area contributed by atoms with Crippen molar-refractivity contribution in [2.75, 3.05) is 0 Å². The second-order valence-corrected chi connectivity index (χ2v) is 16.4. The van der Waals surface area contributed by atoms with Crippen LogP contribution in [0.4, 0.5) is 0 Å². The molecule has 9 heavy (non-hydrogen) atoms. The summed E-state index contributed by atoms with van der Waals surface area (Å²) < 4.78 is 0. The van der Waals surface area contributed by atoms with Gasteiger partial charge < -0.3 is 0 Å². The van der Waals surface area contributed by atoms with Gasteiger partial charge in [0.15, 0.2) is 0 Å². The Morgan fingerprint density at radius 3 is 1.56 bits per heavy atom. The molecule has 1 heterocycles. The molecule has 0 amide bonds. The van der Waals surface area contributed by atoms with Crippen molar-refractivity contribution < 1.29 is 0 Å². The van der Waals surface area contributed by atoms with Gasteiger partial charge in [0.25, 0.3) is 0 Å². The van der Waals surface area contributed by atoms with Crippen molar-refractivity contribution in [3.8, 4) is 0 Å². The number of halogens is 2. The van der Waals surface area contributed by atoms with Gasteiger partial charge in [0.2, 0.25) is 0 Å². The quantitative estimate of drug-likeness (QED) is 0.439. The van der Waals surface area contributed by atoms with Crippen molar-refractivity contribution in [1.82, 2.24) is 0 Å². The molecule has 0 spiro atoms. The summed E-state index contributed by atoms with van der Waals surface area (Å²) in [5.74, 6) is 0. The van der Waals surface area contributed by atoms with E-state index in [2.05, 4.69) is 13.8 Å². The van der Waals surface area contributed by atoms with Crippen LogP contribution in [0.15, 0.2) is 11.1 Å². The zero-order valence-electron chi connectivity index (χ0n) is 5.67. The Balaban J connectivity index is 2.70. The zero-order valence-corrected chi connectivity index (χ0v) is 9.28. The first-order valence-electron chi connectivity index (χ1n) is 3.04. The summed E-state index contributed by atoms with van der Waals surface area (Å²) in [5, 5.41) is 2.05. The SMILES string of the molecule is CC1=C(C)[CH2][Ge]([Cl])([Cl])[CH2]1. The normalized spacial score (nSPS) is 25.3. The third-order valence-corrected chi connectivity index (χ3v) is 8.95. The van der Waals surface area contributed by atoms with Gasteiger partial charge in [-0.15, -0.1) is 0 Å². The fourth-order valence-corrected chi connectivity index (χ4v) is 10.1. The maximum atomic E-state index is 6.07. The van der Waals surface area contributed by atoms with E-state index in [1.165, 1.54) is 11.1 Å². The second kappa shape index (κ2) is 2.48. The predicted molar refractivity (Wildman–Crippen MR) is 45.4 cm³/mol. The molecule has 0 fully saturated rings. The molecule has 0 bridgehead atoms. The molecule has 0 saturated carbocycles. The van der Waals surface area contributed by atoms with Gasteiger partial charge in [-0.25, -0.2) is 0 Å². The first-order chi connectivity index (χ1) is 4.01. The predicted octanol–water partition coefficient (Wildman–Crippen LogP) is 3.26. The molecular weight excluding hydrogens is 216 g/mol. The Morgan fingerprint density at radius 1 is 1.11 bits per heavy atom. The summed E-state index contributed by atoms with van der Waals surface area (Å²) >= 11 is -2.25.